The number of rotatable bonds is 7. The summed E-state index contributed by atoms with van der Waals surface area (Å²) in [5, 5.41) is 3.44. The smallest absolute Gasteiger partial charge is 0.193 e. The summed E-state index contributed by atoms with van der Waals surface area (Å²) < 4.78 is 0. The Kier molecular flexibility index (Phi) is 7.57. The molecule has 1 aromatic rings. The number of aliphatic imine (C=N–C) groups is 1. The van der Waals surface area contributed by atoms with E-state index in [9.17, 15) is 0 Å². The van der Waals surface area contributed by atoms with Gasteiger partial charge in [0.15, 0.2) is 5.96 Å². The van der Waals surface area contributed by atoms with Crippen molar-refractivity contribution in [3.8, 4) is 0 Å². The second-order valence-corrected chi connectivity index (χ2v) is 6.77. The number of nitrogens with zero attached hydrogens (tertiary/aromatic N) is 3. The molecule has 0 aliphatic carbocycles. The van der Waals surface area contributed by atoms with E-state index < -0.39 is 0 Å². The van der Waals surface area contributed by atoms with Gasteiger partial charge in [-0.25, -0.2) is 0 Å². The highest BCUT2D eigenvalue weighted by molar-refractivity contribution is 5.79. The van der Waals surface area contributed by atoms with Crippen LogP contribution in [0.1, 0.15) is 38.3 Å². The van der Waals surface area contributed by atoms with Crippen LogP contribution in [0.5, 0.6) is 0 Å². The van der Waals surface area contributed by atoms with Crippen LogP contribution in [0.25, 0.3) is 0 Å². The van der Waals surface area contributed by atoms with E-state index in [2.05, 4.69) is 67.2 Å². The molecule has 0 aromatic heterocycles. The maximum atomic E-state index is 4.90. The summed E-state index contributed by atoms with van der Waals surface area (Å²) in [6, 6.07) is 8.92. The maximum Gasteiger partial charge on any atom is 0.193 e. The highest BCUT2D eigenvalue weighted by Gasteiger charge is 2.21. The van der Waals surface area contributed by atoms with Crippen molar-refractivity contribution in [3.05, 3.63) is 35.4 Å². The first kappa shape index (κ1) is 18.8. The third kappa shape index (κ3) is 5.52. The van der Waals surface area contributed by atoms with Gasteiger partial charge in [-0.2, -0.15) is 0 Å². The zero-order chi connectivity index (χ0) is 17.4. The summed E-state index contributed by atoms with van der Waals surface area (Å²) in [4.78, 5) is 9.65. The molecule has 1 heterocycles. The van der Waals surface area contributed by atoms with Crippen molar-refractivity contribution >= 4 is 5.96 Å². The van der Waals surface area contributed by atoms with E-state index >= 15 is 0 Å². The minimum atomic E-state index is 0.704. The van der Waals surface area contributed by atoms with Gasteiger partial charge < -0.3 is 15.1 Å². The van der Waals surface area contributed by atoms with E-state index in [1.54, 1.807) is 0 Å². The molecule has 0 spiro atoms. The molecule has 0 amide bonds. The van der Waals surface area contributed by atoms with Crippen molar-refractivity contribution in [2.24, 2.45) is 10.9 Å². The zero-order valence-electron chi connectivity index (χ0n) is 15.9. The molecular weight excluding hydrogens is 296 g/mol. The van der Waals surface area contributed by atoms with Crippen molar-refractivity contribution in [2.45, 2.75) is 40.2 Å². The zero-order valence-corrected chi connectivity index (χ0v) is 15.9. The summed E-state index contributed by atoms with van der Waals surface area (Å²) in [6.07, 6.45) is 2.37. The first-order valence-corrected chi connectivity index (χ1v) is 9.45. The minimum absolute atomic E-state index is 0.704. The molecule has 1 unspecified atom stereocenters. The van der Waals surface area contributed by atoms with Crippen molar-refractivity contribution in [1.82, 2.24) is 15.1 Å². The molecule has 1 fully saturated rings. The van der Waals surface area contributed by atoms with Crippen LogP contribution < -0.4 is 5.32 Å². The fourth-order valence-electron chi connectivity index (χ4n) is 3.26. The minimum Gasteiger partial charge on any atom is -0.357 e. The largest absolute Gasteiger partial charge is 0.357 e. The SMILES string of the molecule is CCNC(=NCC1CCN(CC)C1)N(C)Cc1ccc(CC)cc1. The number of hydrogen-bond acceptors (Lipinski definition) is 2. The molecule has 24 heavy (non-hydrogen) atoms. The summed E-state index contributed by atoms with van der Waals surface area (Å²) >= 11 is 0. The van der Waals surface area contributed by atoms with Gasteiger partial charge in [-0.15, -0.1) is 0 Å². The lowest BCUT2D eigenvalue weighted by atomic mass is 10.1. The normalized spacial score (nSPS) is 18.8. The monoisotopic (exact) mass is 330 g/mol. The lowest BCUT2D eigenvalue weighted by molar-refractivity contribution is 0.343. The first-order chi connectivity index (χ1) is 11.7. The topological polar surface area (TPSA) is 30.9 Å². The Hall–Kier alpha value is -1.55. The molecule has 134 valence electrons. The third-order valence-electron chi connectivity index (χ3n) is 4.86. The average Bonchev–Trinajstić information content (AvgIpc) is 3.07. The summed E-state index contributed by atoms with van der Waals surface area (Å²) in [6.45, 7) is 12.9. The number of guanidine groups is 1. The predicted molar refractivity (Wildman–Crippen MR) is 103 cm³/mol. The molecule has 0 saturated carbocycles. The van der Waals surface area contributed by atoms with Crippen molar-refractivity contribution in [2.75, 3.05) is 39.8 Å². The number of nitrogens with one attached hydrogen (secondary N) is 1. The van der Waals surface area contributed by atoms with E-state index in [0.717, 1.165) is 38.6 Å². The van der Waals surface area contributed by atoms with Crippen LogP contribution in [0, 0.1) is 5.92 Å². The fraction of sp³-hybridized carbons (Fsp3) is 0.650. The van der Waals surface area contributed by atoms with Gasteiger partial charge >= 0.3 is 0 Å². The maximum absolute atomic E-state index is 4.90. The molecule has 4 nitrogen and oxygen atoms in total. The molecule has 1 aliphatic heterocycles. The molecule has 1 aromatic carbocycles. The Morgan fingerprint density at radius 1 is 1.21 bits per heavy atom. The van der Waals surface area contributed by atoms with Crippen LogP contribution in [-0.2, 0) is 13.0 Å². The van der Waals surface area contributed by atoms with E-state index in [1.165, 1.54) is 30.6 Å². The molecule has 1 aliphatic rings. The Morgan fingerprint density at radius 3 is 2.50 bits per heavy atom. The van der Waals surface area contributed by atoms with Crippen LogP contribution in [0.2, 0.25) is 0 Å². The second kappa shape index (κ2) is 9.67. The molecule has 0 bridgehead atoms. The van der Waals surface area contributed by atoms with Crippen LogP contribution in [0.15, 0.2) is 29.3 Å². The van der Waals surface area contributed by atoms with Gasteiger partial charge in [0.2, 0.25) is 0 Å². The number of benzene rings is 1. The highest BCUT2D eigenvalue weighted by Crippen LogP contribution is 2.16. The lowest BCUT2D eigenvalue weighted by Gasteiger charge is -2.23. The van der Waals surface area contributed by atoms with Gasteiger partial charge in [0.05, 0.1) is 0 Å². The quantitative estimate of drug-likeness (QED) is 0.616. The van der Waals surface area contributed by atoms with Crippen molar-refractivity contribution in [3.63, 3.8) is 0 Å². The summed E-state index contributed by atoms with van der Waals surface area (Å²) in [7, 11) is 2.13. The molecule has 1 saturated heterocycles. The Bertz CT molecular complexity index is 509. The predicted octanol–water partition coefficient (Wildman–Crippen LogP) is 2.99. The van der Waals surface area contributed by atoms with Gasteiger partial charge in [-0.05, 0) is 49.9 Å². The van der Waals surface area contributed by atoms with Crippen LogP contribution in [0.3, 0.4) is 0 Å². The van der Waals surface area contributed by atoms with Crippen molar-refractivity contribution in [1.29, 1.82) is 0 Å². The molecule has 4 heteroatoms. The van der Waals surface area contributed by atoms with Crippen LogP contribution in [0.4, 0.5) is 0 Å². The van der Waals surface area contributed by atoms with E-state index in [0.29, 0.717) is 5.92 Å². The fourth-order valence-corrected chi connectivity index (χ4v) is 3.26. The third-order valence-corrected chi connectivity index (χ3v) is 4.86. The van der Waals surface area contributed by atoms with E-state index in [4.69, 9.17) is 4.99 Å². The summed E-state index contributed by atoms with van der Waals surface area (Å²) in [5.41, 5.74) is 2.72. The lowest BCUT2D eigenvalue weighted by Crippen LogP contribution is -2.39. The van der Waals surface area contributed by atoms with Gasteiger partial charge in [-0.3, -0.25) is 4.99 Å². The van der Waals surface area contributed by atoms with Crippen LogP contribution >= 0.6 is 0 Å². The van der Waals surface area contributed by atoms with Crippen LogP contribution in [-0.4, -0.2) is 55.5 Å². The number of hydrogen-bond donors (Lipinski definition) is 1. The summed E-state index contributed by atoms with van der Waals surface area (Å²) in [5.74, 6) is 1.72. The van der Waals surface area contributed by atoms with E-state index in [1.807, 2.05) is 0 Å². The standard InChI is InChI=1S/C20H34N4/c1-5-17-8-10-18(11-9-17)15-23(4)20(21-6-2)22-14-19-12-13-24(7-3)16-19/h8-11,19H,5-7,12-16H2,1-4H3,(H,21,22). The Morgan fingerprint density at radius 2 is 1.92 bits per heavy atom. The van der Waals surface area contributed by atoms with Gasteiger partial charge in [0.25, 0.3) is 0 Å². The van der Waals surface area contributed by atoms with Crippen molar-refractivity contribution < 1.29 is 0 Å². The molecule has 2 rings (SSSR count). The molecule has 0 radical (unpaired) electrons. The number of likely N-dealkylation sites (tertiary alicyclic amines) is 1. The Balaban J connectivity index is 1.93. The second-order valence-electron chi connectivity index (χ2n) is 6.77. The molecular formula is C20H34N4. The van der Waals surface area contributed by atoms with Gasteiger partial charge in [0, 0.05) is 33.2 Å². The molecule has 1 atom stereocenters. The average molecular weight is 331 g/mol. The van der Waals surface area contributed by atoms with E-state index in [-0.39, 0.29) is 0 Å². The first-order valence-electron chi connectivity index (χ1n) is 9.45. The number of aryl methyl sites for hydroxylation is 1. The molecule has 1 N–H and O–H groups in total. The van der Waals surface area contributed by atoms with Gasteiger partial charge in [0.1, 0.15) is 0 Å². The highest BCUT2D eigenvalue weighted by atomic mass is 15.3. The van der Waals surface area contributed by atoms with Gasteiger partial charge in [-0.1, -0.05) is 38.1 Å². The Labute approximate surface area is 147 Å².